The topological polar surface area (TPSA) is 26.3 Å². The van der Waals surface area contributed by atoms with Gasteiger partial charge in [-0.25, -0.2) is 0 Å². The van der Waals surface area contributed by atoms with E-state index < -0.39 is 4.33 Å². The molecule has 2 saturated carbocycles. The molecule has 0 bridgehead atoms. The van der Waals surface area contributed by atoms with Gasteiger partial charge in [-0.2, -0.15) is 0 Å². The zero-order chi connectivity index (χ0) is 14.0. The van der Waals surface area contributed by atoms with Crippen LogP contribution in [0.5, 0.6) is 0 Å². The average molecular weight is 307 g/mol. The third-order valence-corrected chi connectivity index (χ3v) is 5.96. The molecule has 0 aromatic carbocycles. The Labute approximate surface area is 126 Å². The number of rotatable bonds is 7. The lowest BCUT2D eigenvalue weighted by Crippen LogP contribution is -2.55. The number of unbranched alkanes of at least 4 members (excludes halogenated alkanes) is 1. The molecule has 2 aliphatic carbocycles. The Hall–Kier alpha value is 0.210. The van der Waals surface area contributed by atoms with Crippen LogP contribution in [0.1, 0.15) is 51.9 Å². The van der Waals surface area contributed by atoms with Crippen LogP contribution in [0.15, 0.2) is 0 Å². The maximum atomic E-state index is 11.9. The van der Waals surface area contributed by atoms with Gasteiger partial charge in [0, 0.05) is 18.9 Å². The number of carbonyl (C=O) groups excluding carboxylic acids is 1. The standard InChI is InChI=1S/C15H24Cl2O2/c1-3-11(19-2)7-5-4-6-10-8-9-12-13(10)14(18)15(12,16)17/h10-13H,3-9H2,1-2H3. The number of hydrogen-bond donors (Lipinski definition) is 0. The molecule has 2 aliphatic rings. The molecule has 0 aliphatic heterocycles. The molecule has 110 valence electrons. The van der Waals surface area contributed by atoms with Crippen LogP contribution in [0.25, 0.3) is 0 Å². The van der Waals surface area contributed by atoms with Gasteiger partial charge in [0.2, 0.25) is 0 Å². The molecule has 0 spiro atoms. The molecule has 0 amide bonds. The fraction of sp³-hybridized carbons (Fsp3) is 0.933. The van der Waals surface area contributed by atoms with Crippen LogP contribution in [0.2, 0.25) is 0 Å². The smallest absolute Gasteiger partial charge is 0.179 e. The summed E-state index contributed by atoms with van der Waals surface area (Å²) in [5, 5.41) is 0. The van der Waals surface area contributed by atoms with E-state index in [1.54, 1.807) is 7.11 Å². The SMILES string of the molecule is CCC(CCCCC1CCC2C1C(=O)C2(Cl)Cl)OC. The van der Waals surface area contributed by atoms with Gasteiger partial charge in [-0.05, 0) is 38.0 Å². The van der Waals surface area contributed by atoms with E-state index in [-0.39, 0.29) is 17.6 Å². The highest BCUT2D eigenvalue weighted by Crippen LogP contribution is 2.59. The summed E-state index contributed by atoms with van der Waals surface area (Å²) in [6, 6.07) is 0. The Morgan fingerprint density at radius 1 is 1.37 bits per heavy atom. The number of ether oxygens (including phenoxy) is 1. The fourth-order valence-corrected chi connectivity index (χ4v) is 4.53. The predicted molar refractivity (Wildman–Crippen MR) is 78.7 cm³/mol. The number of ketones is 1. The van der Waals surface area contributed by atoms with Crippen molar-refractivity contribution in [3.05, 3.63) is 0 Å². The number of halogens is 2. The first-order chi connectivity index (χ1) is 9.02. The van der Waals surface area contributed by atoms with Gasteiger partial charge < -0.3 is 4.74 Å². The molecule has 0 aromatic rings. The second-order valence-corrected chi connectivity index (χ2v) is 7.39. The summed E-state index contributed by atoms with van der Waals surface area (Å²) in [7, 11) is 1.78. The molecule has 19 heavy (non-hydrogen) atoms. The summed E-state index contributed by atoms with van der Waals surface area (Å²) >= 11 is 12.1. The molecular formula is C15H24Cl2O2. The molecule has 4 atom stereocenters. The Bertz CT molecular complexity index is 326. The highest BCUT2D eigenvalue weighted by atomic mass is 35.5. The summed E-state index contributed by atoms with van der Waals surface area (Å²) in [5.41, 5.74) is 0. The van der Waals surface area contributed by atoms with E-state index in [0.717, 1.165) is 32.1 Å². The molecule has 0 radical (unpaired) electrons. The van der Waals surface area contributed by atoms with Gasteiger partial charge in [0.25, 0.3) is 0 Å². The zero-order valence-electron chi connectivity index (χ0n) is 11.8. The van der Waals surface area contributed by atoms with E-state index in [4.69, 9.17) is 27.9 Å². The lowest BCUT2D eigenvalue weighted by atomic mass is 9.69. The number of hydrogen-bond acceptors (Lipinski definition) is 2. The highest BCUT2D eigenvalue weighted by molar-refractivity contribution is 6.60. The molecule has 4 heteroatoms. The van der Waals surface area contributed by atoms with Crippen molar-refractivity contribution in [3.63, 3.8) is 0 Å². The van der Waals surface area contributed by atoms with E-state index in [9.17, 15) is 4.79 Å². The third kappa shape index (κ3) is 2.96. The summed E-state index contributed by atoms with van der Waals surface area (Å²) in [6.07, 6.45) is 8.21. The number of fused-ring (bicyclic) bond motifs is 1. The van der Waals surface area contributed by atoms with Crippen molar-refractivity contribution in [1.29, 1.82) is 0 Å². The van der Waals surface area contributed by atoms with Gasteiger partial charge in [0.05, 0.1) is 6.10 Å². The minimum atomic E-state index is -1.07. The predicted octanol–water partition coefficient (Wildman–Crippen LogP) is 4.37. The van der Waals surface area contributed by atoms with E-state index in [1.165, 1.54) is 12.8 Å². The molecule has 0 saturated heterocycles. The van der Waals surface area contributed by atoms with Crippen LogP contribution in [0, 0.1) is 17.8 Å². The lowest BCUT2D eigenvalue weighted by molar-refractivity contribution is -0.135. The Morgan fingerprint density at radius 3 is 2.74 bits per heavy atom. The zero-order valence-corrected chi connectivity index (χ0v) is 13.3. The molecule has 0 heterocycles. The summed E-state index contributed by atoms with van der Waals surface area (Å²) < 4.78 is 4.31. The van der Waals surface area contributed by atoms with Crippen molar-refractivity contribution in [1.82, 2.24) is 0 Å². The number of methoxy groups -OCH3 is 1. The first-order valence-electron chi connectivity index (χ1n) is 7.47. The van der Waals surface area contributed by atoms with Gasteiger partial charge >= 0.3 is 0 Å². The molecule has 2 rings (SSSR count). The van der Waals surface area contributed by atoms with E-state index >= 15 is 0 Å². The summed E-state index contributed by atoms with van der Waals surface area (Å²) in [4.78, 5) is 11.9. The summed E-state index contributed by atoms with van der Waals surface area (Å²) in [5.74, 6) is 0.965. The largest absolute Gasteiger partial charge is 0.381 e. The second kappa shape index (κ2) is 6.32. The monoisotopic (exact) mass is 306 g/mol. The second-order valence-electron chi connectivity index (χ2n) is 6.01. The average Bonchev–Trinajstić information content (AvgIpc) is 2.80. The van der Waals surface area contributed by atoms with Crippen LogP contribution in [-0.4, -0.2) is 23.3 Å². The first-order valence-corrected chi connectivity index (χ1v) is 8.22. The molecule has 2 fully saturated rings. The molecule has 4 unspecified atom stereocenters. The van der Waals surface area contributed by atoms with Crippen molar-refractivity contribution in [2.45, 2.75) is 62.3 Å². The Morgan fingerprint density at radius 2 is 2.11 bits per heavy atom. The van der Waals surface area contributed by atoms with Crippen LogP contribution in [0.3, 0.4) is 0 Å². The normalized spacial score (nSPS) is 33.9. The lowest BCUT2D eigenvalue weighted by Gasteiger charge is -2.43. The highest BCUT2D eigenvalue weighted by Gasteiger charge is 2.64. The number of Topliss-reactive ketones (excluding diaryl/α,β-unsaturated/α-hetero) is 1. The fourth-order valence-electron chi connectivity index (χ4n) is 3.78. The molecule has 0 aromatic heterocycles. The maximum absolute atomic E-state index is 11.9. The summed E-state index contributed by atoms with van der Waals surface area (Å²) in [6.45, 7) is 2.16. The van der Waals surface area contributed by atoms with Crippen LogP contribution >= 0.6 is 23.2 Å². The van der Waals surface area contributed by atoms with Gasteiger partial charge in [-0.15, -0.1) is 0 Å². The van der Waals surface area contributed by atoms with Crippen molar-refractivity contribution in [2.75, 3.05) is 7.11 Å². The number of alkyl halides is 2. The van der Waals surface area contributed by atoms with Crippen molar-refractivity contribution < 1.29 is 9.53 Å². The molecule has 2 nitrogen and oxygen atoms in total. The Balaban J connectivity index is 1.70. The number of carbonyl (C=O) groups is 1. The third-order valence-electron chi connectivity index (χ3n) is 5.03. The minimum absolute atomic E-state index is 0.0756. The molecule has 0 N–H and O–H groups in total. The van der Waals surface area contributed by atoms with Gasteiger partial charge in [-0.3, -0.25) is 4.79 Å². The van der Waals surface area contributed by atoms with E-state index in [1.807, 2.05) is 0 Å². The van der Waals surface area contributed by atoms with E-state index in [0.29, 0.717) is 12.0 Å². The van der Waals surface area contributed by atoms with Crippen LogP contribution < -0.4 is 0 Å². The van der Waals surface area contributed by atoms with Crippen LogP contribution in [0.4, 0.5) is 0 Å². The molecular weight excluding hydrogens is 283 g/mol. The van der Waals surface area contributed by atoms with Crippen LogP contribution in [-0.2, 0) is 9.53 Å². The van der Waals surface area contributed by atoms with Crippen molar-refractivity contribution in [2.24, 2.45) is 17.8 Å². The van der Waals surface area contributed by atoms with Gasteiger partial charge in [0.15, 0.2) is 10.1 Å². The van der Waals surface area contributed by atoms with Crippen molar-refractivity contribution >= 4 is 29.0 Å². The minimum Gasteiger partial charge on any atom is -0.381 e. The van der Waals surface area contributed by atoms with Gasteiger partial charge in [-0.1, -0.05) is 43.0 Å². The maximum Gasteiger partial charge on any atom is 0.179 e. The Kier molecular flexibility index (Phi) is 5.19. The quantitative estimate of drug-likeness (QED) is 0.515. The van der Waals surface area contributed by atoms with Crippen molar-refractivity contribution in [3.8, 4) is 0 Å². The van der Waals surface area contributed by atoms with E-state index in [2.05, 4.69) is 6.92 Å². The first kappa shape index (κ1) is 15.6. The van der Waals surface area contributed by atoms with Gasteiger partial charge in [0.1, 0.15) is 0 Å².